The zero-order valence-corrected chi connectivity index (χ0v) is 14.5. The number of nitrogens with zero attached hydrogens (tertiary/aromatic N) is 1. The summed E-state index contributed by atoms with van der Waals surface area (Å²) in [6.45, 7) is 2.38. The topological polar surface area (TPSA) is 90.5 Å². The van der Waals surface area contributed by atoms with Crippen molar-refractivity contribution in [3.05, 3.63) is 29.3 Å². The van der Waals surface area contributed by atoms with E-state index in [1.807, 2.05) is 18.2 Å². The maximum atomic E-state index is 12.6. The maximum absolute atomic E-state index is 12.6. The van der Waals surface area contributed by atoms with Gasteiger partial charge in [0.2, 0.25) is 11.8 Å². The average Bonchev–Trinajstić information content (AvgIpc) is 3.16. The number of hydrogen-bond donors (Lipinski definition) is 3. The van der Waals surface area contributed by atoms with E-state index in [2.05, 4.69) is 16.0 Å². The highest BCUT2D eigenvalue weighted by molar-refractivity contribution is 6.05. The van der Waals surface area contributed by atoms with Gasteiger partial charge in [0.25, 0.3) is 5.91 Å². The number of halogens is 1. The molecule has 1 unspecified atom stereocenters. The summed E-state index contributed by atoms with van der Waals surface area (Å²) in [7, 11) is 0. The highest BCUT2D eigenvalue weighted by Crippen LogP contribution is 2.29. The minimum absolute atomic E-state index is 0. The minimum atomic E-state index is -0.557. The smallest absolute Gasteiger partial charge is 0.255 e. The summed E-state index contributed by atoms with van der Waals surface area (Å²) in [5.74, 6) is -0.770. The van der Waals surface area contributed by atoms with E-state index in [-0.39, 0.29) is 36.5 Å². The van der Waals surface area contributed by atoms with Crippen LogP contribution in [0.4, 0.5) is 5.69 Å². The molecule has 25 heavy (non-hydrogen) atoms. The molecule has 0 aromatic heterocycles. The Morgan fingerprint density at radius 2 is 2.00 bits per heavy atom. The predicted octanol–water partition coefficient (Wildman–Crippen LogP) is 0.643. The molecule has 3 N–H and O–H groups in total. The number of amides is 3. The first-order valence-electron chi connectivity index (χ1n) is 8.36. The van der Waals surface area contributed by atoms with Gasteiger partial charge in [0.1, 0.15) is 6.04 Å². The van der Waals surface area contributed by atoms with Crippen LogP contribution < -0.4 is 16.0 Å². The molecular formula is C17H21ClN4O3. The molecular weight excluding hydrogens is 344 g/mol. The molecule has 7 nitrogen and oxygen atoms in total. The van der Waals surface area contributed by atoms with Crippen LogP contribution in [0.1, 0.15) is 35.2 Å². The number of imide groups is 1. The number of carbonyl (C=O) groups excluding carboxylic acids is 3. The van der Waals surface area contributed by atoms with Crippen LogP contribution in [0.2, 0.25) is 0 Å². The Kier molecular flexibility index (Phi) is 4.96. The lowest BCUT2D eigenvalue weighted by molar-refractivity contribution is -0.136. The molecule has 0 spiro atoms. The quantitative estimate of drug-likeness (QED) is 0.685. The van der Waals surface area contributed by atoms with Crippen molar-refractivity contribution in [1.29, 1.82) is 0 Å². The van der Waals surface area contributed by atoms with Gasteiger partial charge >= 0.3 is 0 Å². The van der Waals surface area contributed by atoms with Gasteiger partial charge in [-0.3, -0.25) is 19.7 Å². The molecule has 0 aliphatic carbocycles. The molecule has 0 bridgehead atoms. The minimum Gasteiger partial charge on any atom is -0.381 e. The molecule has 2 atom stereocenters. The first kappa shape index (κ1) is 17.7. The normalized spacial score (nSPS) is 25.4. The van der Waals surface area contributed by atoms with Crippen LogP contribution in [0.15, 0.2) is 18.2 Å². The van der Waals surface area contributed by atoms with E-state index in [0.29, 0.717) is 24.6 Å². The Labute approximate surface area is 151 Å². The second kappa shape index (κ2) is 7.01. The number of fused-ring (bicyclic) bond motifs is 1. The molecule has 0 saturated carbocycles. The number of benzene rings is 1. The molecule has 2 saturated heterocycles. The summed E-state index contributed by atoms with van der Waals surface area (Å²) < 4.78 is 0. The van der Waals surface area contributed by atoms with Crippen LogP contribution in [0.25, 0.3) is 0 Å². The first-order chi connectivity index (χ1) is 11.6. The Morgan fingerprint density at radius 1 is 1.16 bits per heavy atom. The third-order valence-electron chi connectivity index (χ3n) is 4.95. The summed E-state index contributed by atoms with van der Waals surface area (Å²) in [5.41, 5.74) is 2.58. The number of nitrogens with one attached hydrogen (secondary N) is 3. The highest BCUT2D eigenvalue weighted by Gasteiger charge is 2.39. The number of carbonyl (C=O) groups is 3. The molecule has 8 heteroatoms. The fourth-order valence-corrected chi connectivity index (χ4v) is 3.68. The molecule has 3 heterocycles. The van der Waals surface area contributed by atoms with Crippen molar-refractivity contribution in [2.24, 2.45) is 0 Å². The van der Waals surface area contributed by atoms with Crippen molar-refractivity contribution in [3.8, 4) is 0 Å². The summed E-state index contributed by atoms with van der Waals surface area (Å²) in [6, 6.07) is 5.60. The molecule has 1 aromatic rings. The van der Waals surface area contributed by atoms with E-state index in [1.54, 1.807) is 4.90 Å². The van der Waals surface area contributed by atoms with Crippen molar-refractivity contribution in [1.82, 2.24) is 15.5 Å². The van der Waals surface area contributed by atoms with E-state index in [4.69, 9.17) is 0 Å². The number of piperidine rings is 1. The standard InChI is InChI=1S/C17H20N4O3.ClH/c22-15-4-3-14(16(23)20-15)21-9-10-7-11(1-2-13(10)17(21)24)19-12-5-6-18-8-12;/h1-2,7,12,14,18-19H,3-6,8-9H2,(H,20,22,23);1H/t12-,14?;/m0./s1. The number of rotatable bonds is 3. The van der Waals surface area contributed by atoms with E-state index in [9.17, 15) is 14.4 Å². The first-order valence-corrected chi connectivity index (χ1v) is 8.36. The Bertz CT molecular complexity index is 718. The van der Waals surface area contributed by atoms with Crippen LogP contribution in [0, 0.1) is 0 Å². The van der Waals surface area contributed by atoms with Crippen LogP contribution in [0.3, 0.4) is 0 Å². The summed E-state index contributed by atoms with van der Waals surface area (Å²) in [6.07, 6.45) is 1.75. The second-order valence-corrected chi connectivity index (χ2v) is 6.61. The third kappa shape index (κ3) is 3.34. The Morgan fingerprint density at radius 3 is 2.72 bits per heavy atom. The molecule has 3 aliphatic heterocycles. The van der Waals surface area contributed by atoms with Crippen molar-refractivity contribution in [3.63, 3.8) is 0 Å². The zero-order chi connectivity index (χ0) is 16.7. The van der Waals surface area contributed by atoms with Crippen molar-refractivity contribution in [2.75, 3.05) is 18.4 Å². The van der Waals surface area contributed by atoms with E-state index < -0.39 is 6.04 Å². The second-order valence-electron chi connectivity index (χ2n) is 6.61. The Hall–Kier alpha value is -2.12. The largest absolute Gasteiger partial charge is 0.381 e. The van der Waals surface area contributed by atoms with Gasteiger partial charge in [0.05, 0.1) is 0 Å². The van der Waals surface area contributed by atoms with Gasteiger partial charge in [0.15, 0.2) is 0 Å². The summed E-state index contributed by atoms with van der Waals surface area (Å²) in [4.78, 5) is 37.5. The lowest BCUT2D eigenvalue weighted by Gasteiger charge is -2.29. The van der Waals surface area contributed by atoms with Gasteiger partial charge in [-0.05, 0) is 43.1 Å². The molecule has 3 aliphatic rings. The van der Waals surface area contributed by atoms with Gasteiger partial charge in [0, 0.05) is 36.8 Å². The lowest BCUT2D eigenvalue weighted by Crippen LogP contribution is -2.52. The van der Waals surface area contributed by atoms with Gasteiger partial charge in [-0.25, -0.2) is 0 Å². The Balaban J connectivity index is 0.00000182. The summed E-state index contributed by atoms with van der Waals surface area (Å²) >= 11 is 0. The fraction of sp³-hybridized carbons (Fsp3) is 0.471. The van der Waals surface area contributed by atoms with Crippen molar-refractivity contribution in [2.45, 2.75) is 37.9 Å². The van der Waals surface area contributed by atoms with Crippen LogP contribution >= 0.6 is 12.4 Å². The number of hydrogen-bond acceptors (Lipinski definition) is 5. The lowest BCUT2D eigenvalue weighted by atomic mass is 10.0. The molecule has 134 valence electrons. The average molecular weight is 365 g/mol. The third-order valence-corrected chi connectivity index (χ3v) is 4.95. The number of anilines is 1. The van der Waals surface area contributed by atoms with Crippen molar-refractivity contribution < 1.29 is 14.4 Å². The van der Waals surface area contributed by atoms with Gasteiger partial charge < -0.3 is 15.5 Å². The van der Waals surface area contributed by atoms with Crippen LogP contribution in [-0.4, -0.2) is 47.8 Å². The monoisotopic (exact) mass is 364 g/mol. The SMILES string of the molecule is Cl.O=C1CCC(N2Cc3cc(N[C@H]4CCNC4)ccc3C2=O)C(=O)N1. The zero-order valence-electron chi connectivity index (χ0n) is 13.7. The fourth-order valence-electron chi connectivity index (χ4n) is 3.68. The molecule has 0 radical (unpaired) electrons. The van der Waals surface area contributed by atoms with Gasteiger partial charge in [-0.1, -0.05) is 0 Å². The van der Waals surface area contributed by atoms with E-state index in [1.165, 1.54) is 0 Å². The molecule has 3 amide bonds. The van der Waals surface area contributed by atoms with Crippen LogP contribution in [0.5, 0.6) is 0 Å². The van der Waals surface area contributed by atoms with Crippen molar-refractivity contribution >= 4 is 35.8 Å². The summed E-state index contributed by atoms with van der Waals surface area (Å²) in [5, 5.41) is 9.11. The molecule has 2 fully saturated rings. The molecule has 1 aromatic carbocycles. The van der Waals surface area contributed by atoms with E-state index in [0.717, 1.165) is 30.8 Å². The van der Waals surface area contributed by atoms with Gasteiger partial charge in [-0.15, -0.1) is 12.4 Å². The maximum Gasteiger partial charge on any atom is 0.255 e. The van der Waals surface area contributed by atoms with E-state index >= 15 is 0 Å². The predicted molar refractivity (Wildman–Crippen MR) is 94.6 cm³/mol. The molecule has 4 rings (SSSR count). The van der Waals surface area contributed by atoms with Crippen LogP contribution in [-0.2, 0) is 16.1 Å². The van der Waals surface area contributed by atoms with Gasteiger partial charge in [-0.2, -0.15) is 0 Å². The highest BCUT2D eigenvalue weighted by atomic mass is 35.5.